The summed E-state index contributed by atoms with van der Waals surface area (Å²) in [6.45, 7) is 5.72. The standard InChI is InChI=1S/C12H11Br5O2/c1-2-3-18-4-5-19-6-7-8(13)10(15)12(17)11(16)9(7)14/h2H,1,3-6H2. The molecule has 1 aromatic carbocycles. The Morgan fingerprint density at radius 3 is 1.79 bits per heavy atom. The first-order valence-corrected chi connectivity index (χ1v) is 9.23. The monoisotopic (exact) mass is 582 g/mol. The smallest absolute Gasteiger partial charge is 0.0740 e. The molecule has 0 radical (unpaired) electrons. The second-order valence-electron chi connectivity index (χ2n) is 3.46. The van der Waals surface area contributed by atoms with E-state index in [1.165, 1.54) is 0 Å². The molecule has 0 atom stereocenters. The van der Waals surface area contributed by atoms with E-state index in [-0.39, 0.29) is 0 Å². The van der Waals surface area contributed by atoms with Crippen LogP contribution in [-0.4, -0.2) is 19.8 Å². The number of hydrogen-bond donors (Lipinski definition) is 0. The van der Waals surface area contributed by atoms with Crippen LogP contribution in [0.5, 0.6) is 0 Å². The van der Waals surface area contributed by atoms with Crippen LogP contribution in [0.25, 0.3) is 0 Å². The third-order valence-corrected chi connectivity index (χ3v) is 8.41. The molecule has 19 heavy (non-hydrogen) atoms. The van der Waals surface area contributed by atoms with E-state index >= 15 is 0 Å². The summed E-state index contributed by atoms with van der Waals surface area (Å²) in [5, 5.41) is 0. The van der Waals surface area contributed by atoms with Crippen LogP contribution in [-0.2, 0) is 16.1 Å². The molecule has 0 aliphatic carbocycles. The van der Waals surface area contributed by atoms with E-state index in [0.29, 0.717) is 26.4 Å². The van der Waals surface area contributed by atoms with Crippen molar-refractivity contribution in [1.82, 2.24) is 0 Å². The Kier molecular flexibility index (Phi) is 9.00. The molecule has 0 heterocycles. The van der Waals surface area contributed by atoms with Gasteiger partial charge in [-0.3, -0.25) is 0 Å². The van der Waals surface area contributed by atoms with Gasteiger partial charge in [-0.1, -0.05) is 6.08 Å². The molecule has 2 nitrogen and oxygen atoms in total. The maximum absolute atomic E-state index is 5.60. The summed E-state index contributed by atoms with van der Waals surface area (Å²) in [7, 11) is 0. The average Bonchev–Trinajstić information content (AvgIpc) is 2.41. The summed E-state index contributed by atoms with van der Waals surface area (Å²) in [6, 6.07) is 0. The summed E-state index contributed by atoms with van der Waals surface area (Å²) in [5.41, 5.74) is 1.03. The number of rotatable bonds is 7. The van der Waals surface area contributed by atoms with Crippen LogP contribution in [0.15, 0.2) is 35.0 Å². The van der Waals surface area contributed by atoms with Crippen LogP contribution >= 0.6 is 79.6 Å². The molecule has 0 aliphatic heterocycles. The predicted octanol–water partition coefficient (Wildman–Crippen LogP) is 6.22. The Labute approximate surface area is 154 Å². The van der Waals surface area contributed by atoms with Gasteiger partial charge in [0.2, 0.25) is 0 Å². The zero-order valence-electron chi connectivity index (χ0n) is 9.82. The van der Waals surface area contributed by atoms with Gasteiger partial charge in [-0.25, -0.2) is 0 Å². The minimum atomic E-state index is 0.489. The largest absolute Gasteiger partial charge is 0.375 e. The van der Waals surface area contributed by atoms with Crippen LogP contribution in [0.1, 0.15) is 5.56 Å². The normalized spacial score (nSPS) is 10.8. The molecule has 1 aromatic rings. The SMILES string of the molecule is C=CCOCCOCc1c(Br)c(Br)c(Br)c(Br)c1Br. The summed E-state index contributed by atoms with van der Waals surface area (Å²) in [5.74, 6) is 0. The van der Waals surface area contributed by atoms with Crippen molar-refractivity contribution in [3.8, 4) is 0 Å². The Bertz CT molecular complexity index is 433. The van der Waals surface area contributed by atoms with Crippen LogP contribution < -0.4 is 0 Å². The summed E-state index contributed by atoms with van der Waals surface area (Å²) < 4.78 is 15.6. The second-order valence-corrected chi connectivity index (χ2v) is 7.43. The minimum absolute atomic E-state index is 0.489. The first-order valence-electron chi connectivity index (χ1n) is 5.27. The van der Waals surface area contributed by atoms with E-state index in [1.807, 2.05) is 0 Å². The van der Waals surface area contributed by atoms with Gasteiger partial charge in [0, 0.05) is 27.9 Å². The molecule has 0 spiro atoms. The van der Waals surface area contributed by atoms with Crippen molar-refractivity contribution in [2.75, 3.05) is 19.8 Å². The fourth-order valence-corrected chi connectivity index (χ4v) is 4.59. The molecule has 0 saturated heterocycles. The van der Waals surface area contributed by atoms with Gasteiger partial charge in [0.1, 0.15) is 0 Å². The molecule has 0 bridgehead atoms. The molecular weight excluding hydrogens is 576 g/mol. The third kappa shape index (κ3) is 5.20. The van der Waals surface area contributed by atoms with Gasteiger partial charge in [0.05, 0.1) is 26.4 Å². The average molecular weight is 587 g/mol. The predicted molar refractivity (Wildman–Crippen MR) is 95.6 cm³/mol. The highest BCUT2D eigenvalue weighted by molar-refractivity contribution is 9.15. The van der Waals surface area contributed by atoms with Crippen LogP contribution in [0.4, 0.5) is 0 Å². The van der Waals surface area contributed by atoms with Gasteiger partial charge in [0.25, 0.3) is 0 Å². The molecular formula is C12H11Br5O2. The fraction of sp³-hybridized carbons (Fsp3) is 0.333. The lowest BCUT2D eigenvalue weighted by atomic mass is 10.2. The van der Waals surface area contributed by atoms with Crippen molar-refractivity contribution >= 4 is 79.6 Å². The quantitative estimate of drug-likeness (QED) is 0.164. The van der Waals surface area contributed by atoms with E-state index in [1.54, 1.807) is 6.08 Å². The van der Waals surface area contributed by atoms with Gasteiger partial charge in [-0.15, -0.1) is 6.58 Å². The molecule has 106 valence electrons. The highest BCUT2D eigenvalue weighted by Crippen LogP contribution is 2.44. The van der Waals surface area contributed by atoms with E-state index in [9.17, 15) is 0 Å². The van der Waals surface area contributed by atoms with Crippen molar-refractivity contribution in [3.63, 3.8) is 0 Å². The lowest BCUT2D eigenvalue weighted by Crippen LogP contribution is -2.05. The van der Waals surface area contributed by atoms with Gasteiger partial charge in [-0.05, 0) is 79.6 Å². The van der Waals surface area contributed by atoms with E-state index in [2.05, 4.69) is 86.2 Å². The zero-order chi connectivity index (χ0) is 14.4. The maximum atomic E-state index is 5.60. The summed E-state index contributed by atoms with van der Waals surface area (Å²) in [4.78, 5) is 0. The van der Waals surface area contributed by atoms with Crippen LogP contribution in [0.2, 0.25) is 0 Å². The molecule has 0 unspecified atom stereocenters. The number of ether oxygens (including phenoxy) is 2. The van der Waals surface area contributed by atoms with E-state index in [4.69, 9.17) is 9.47 Å². The molecule has 1 rings (SSSR count). The molecule has 0 N–H and O–H groups in total. The van der Waals surface area contributed by atoms with Crippen molar-refractivity contribution in [3.05, 3.63) is 40.6 Å². The Morgan fingerprint density at radius 1 is 0.789 bits per heavy atom. The molecule has 0 aliphatic rings. The summed E-state index contributed by atoms with van der Waals surface area (Å²) >= 11 is 17.7. The lowest BCUT2D eigenvalue weighted by molar-refractivity contribution is 0.0500. The Hall–Kier alpha value is 1.28. The van der Waals surface area contributed by atoms with Gasteiger partial charge >= 0.3 is 0 Å². The first-order chi connectivity index (χ1) is 9.00. The highest BCUT2D eigenvalue weighted by Gasteiger charge is 2.17. The van der Waals surface area contributed by atoms with Crippen molar-refractivity contribution < 1.29 is 9.47 Å². The van der Waals surface area contributed by atoms with Crippen LogP contribution in [0.3, 0.4) is 0 Å². The molecule has 0 fully saturated rings. The number of hydrogen-bond acceptors (Lipinski definition) is 2. The topological polar surface area (TPSA) is 18.5 Å². The maximum Gasteiger partial charge on any atom is 0.0740 e. The van der Waals surface area contributed by atoms with Gasteiger partial charge in [0.15, 0.2) is 0 Å². The first kappa shape index (κ1) is 18.3. The van der Waals surface area contributed by atoms with Crippen molar-refractivity contribution in [2.24, 2.45) is 0 Å². The number of halogens is 5. The van der Waals surface area contributed by atoms with Gasteiger partial charge < -0.3 is 9.47 Å². The highest BCUT2D eigenvalue weighted by atomic mass is 79.9. The lowest BCUT2D eigenvalue weighted by Gasteiger charge is -2.14. The van der Waals surface area contributed by atoms with Crippen LogP contribution in [0, 0.1) is 0 Å². The second kappa shape index (κ2) is 9.33. The number of benzene rings is 1. The Morgan fingerprint density at radius 2 is 1.26 bits per heavy atom. The van der Waals surface area contributed by atoms with E-state index in [0.717, 1.165) is 27.9 Å². The molecule has 0 aromatic heterocycles. The molecule has 0 saturated carbocycles. The molecule has 0 amide bonds. The van der Waals surface area contributed by atoms with Crippen molar-refractivity contribution in [2.45, 2.75) is 6.61 Å². The zero-order valence-corrected chi connectivity index (χ0v) is 17.7. The minimum Gasteiger partial charge on any atom is -0.375 e. The fourth-order valence-electron chi connectivity index (χ4n) is 1.24. The molecule has 7 heteroatoms. The van der Waals surface area contributed by atoms with Gasteiger partial charge in [-0.2, -0.15) is 0 Å². The Balaban J connectivity index is 2.66. The third-order valence-electron chi connectivity index (χ3n) is 2.15. The van der Waals surface area contributed by atoms with E-state index < -0.39 is 0 Å². The van der Waals surface area contributed by atoms with Crippen molar-refractivity contribution in [1.29, 1.82) is 0 Å². The summed E-state index contributed by atoms with van der Waals surface area (Å²) in [6.07, 6.45) is 1.72.